The van der Waals surface area contributed by atoms with Crippen LogP contribution in [0.3, 0.4) is 0 Å². The maximum atomic E-state index is 10.8. The molecule has 4 unspecified atom stereocenters. The van der Waals surface area contributed by atoms with Crippen LogP contribution >= 0.6 is 0 Å². The van der Waals surface area contributed by atoms with E-state index in [4.69, 9.17) is 6.42 Å². The molecule has 2 bridgehead atoms. The van der Waals surface area contributed by atoms with Crippen molar-refractivity contribution in [1.82, 2.24) is 9.88 Å². The summed E-state index contributed by atoms with van der Waals surface area (Å²) in [7, 11) is 0. The second kappa shape index (κ2) is 7.58. The van der Waals surface area contributed by atoms with Crippen LogP contribution in [-0.4, -0.2) is 33.2 Å². The van der Waals surface area contributed by atoms with Crippen molar-refractivity contribution in [2.75, 3.05) is 0 Å². The summed E-state index contributed by atoms with van der Waals surface area (Å²) < 4.78 is 0. The number of hydrogen-bond acceptors (Lipinski definition) is 5. The number of fused-ring (bicyclic) bond motifs is 2. The second-order valence-electron chi connectivity index (χ2n) is 8.55. The Labute approximate surface area is 177 Å². The first-order chi connectivity index (χ1) is 14.5. The lowest BCUT2D eigenvalue weighted by Gasteiger charge is -2.52. The minimum atomic E-state index is -1.18. The fraction of sp³-hybridized carbons (Fsp3) is 0.400. The number of rotatable bonds is 4. The fourth-order valence-electron chi connectivity index (χ4n) is 5.53. The van der Waals surface area contributed by atoms with Gasteiger partial charge in [0.05, 0.1) is 23.1 Å². The predicted octanol–water partition coefficient (Wildman–Crippen LogP) is 3.25. The van der Waals surface area contributed by atoms with E-state index in [1.54, 1.807) is 12.4 Å². The third kappa shape index (κ3) is 2.98. The van der Waals surface area contributed by atoms with Crippen molar-refractivity contribution in [2.45, 2.75) is 61.7 Å². The topological polar surface area (TPSA) is 83.9 Å². The van der Waals surface area contributed by atoms with Crippen molar-refractivity contribution in [3.63, 3.8) is 0 Å². The number of aromatic nitrogens is 1. The number of aliphatic hydroxyl groups excluding tert-OH is 1. The number of terminal acetylenes is 1. The van der Waals surface area contributed by atoms with E-state index in [0.717, 1.165) is 24.0 Å². The zero-order valence-electron chi connectivity index (χ0n) is 17.0. The zero-order valence-corrected chi connectivity index (χ0v) is 17.0. The van der Waals surface area contributed by atoms with Crippen molar-refractivity contribution in [2.24, 2.45) is 0 Å². The van der Waals surface area contributed by atoms with Crippen LogP contribution in [0.5, 0.6) is 0 Å². The van der Waals surface area contributed by atoms with E-state index in [9.17, 15) is 15.6 Å². The fourth-order valence-corrected chi connectivity index (χ4v) is 5.53. The summed E-state index contributed by atoms with van der Waals surface area (Å²) in [5, 5.41) is 30.7. The second-order valence-corrected chi connectivity index (χ2v) is 8.55. The van der Waals surface area contributed by atoms with Crippen LogP contribution in [0, 0.1) is 35.0 Å². The molecule has 1 N–H and O–H groups in total. The normalized spacial score (nSPS) is 28.5. The van der Waals surface area contributed by atoms with Gasteiger partial charge in [0.25, 0.3) is 0 Å². The van der Waals surface area contributed by atoms with E-state index >= 15 is 0 Å². The third-order valence-corrected chi connectivity index (χ3v) is 7.01. The van der Waals surface area contributed by atoms with Gasteiger partial charge < -0.3 is 5.11 Å². The van der Waals surface area contributed by atoms with Crippen molar-refractivity contribution in [1.29, 1.82) is 10.5 Å². The van der Waals surface area contributed by atoms with Gasteiger partial charge in [-0.2, -0.15) is 10.5 Å². The lowest BCUT2D eigenvalue weighted by Crippen LogP contribution is -2.61. The van der Waals surface area contributed by atoms with E-state index in [1.165, 1.54) is 0 Å². The number of aliphatic hydroxyl groups is 1. The number of hydrogen-bond donors (Lipinski definition) is 1. The molecule has 0 amide bonds. The van der Waals surface area contributed by atoms with Gasteiger partial charge in [0.15, 0.2) is 6.10 Å². The van der Waals surface area contributed by atoms with Crippen LogP contribution in [0.4, 0.5) is 0 Å². The Bertz CT molecular complexity index is 1050. The standard InChI is InChI=1S/C25H24N4O/c1-3-18-11-20(16-28-15-18)25(17-27)12-21-9-10-22(13-25)29(21)24(2,23(30)14-26)19-7-5-4-6-8-19/h1,4-8,11,15-16,21-23,30H,9-10,12-13H2,2H3. The average Bonchev–Trinajstić information content (AvgIpc) is 3.09. The smallest absolute Gasteiger partial charge is 0.162 e. The van der Waals surface area contributed by atoms with Gasteiger partial charge in [-0.1, -0.05) is 36.3 Å². The molecule has 2 aliphatic rings. The van der Waals surface area contributed by atoms with Gasteiger partial charge >= 0.3 is 0 Å². The Hall–Kier alpha value is -3.17. The summed E-state index contributed by atoms with van der Waals surface area (Å²) in [6.07, 6.45) is 10.9. The van der Waals surface area contributed by atoms with Gasteiger partial charge in [-0.25, -0.2) is 0 Å². The molecule has 0 spiro atoms. The first-order valence-electron chi connectivity index (χ1n) is 10.2. The molecule has 0 aliphatic carbocycles. The molecular weight excluding hydrogens is 372 g/mol. The molecule has 4 rings (SSSR count). The maximum Gasteiger partial charge on any atom is 0.162 e. The van der Waals surface area contributed by atoms with Crippen LogP contribution in [-0.2, 0) is 11.0 Å². The monoisotopic (exact) mass is 396 g/mol. The third-order valence-electron chi connectivity index (χ3n) is 7.01. The lowest BCUT2D eigenvalue weighted by molar-refractivity contribution is -0.0560. The highest BCUT2D eigenvalue weighted by Crippen LogP contribution is 2.52. The number of nitrogens with zero attached hydrogens (tertiary/aromatic N) is 4. The van der Waals surface area contributed by atoms with Crippen LogP contribution < -0.4 is 0 Å². The Kier molecular flexibility index (Phi) is 5.08. The van der Waals surface area contributed by atoms with E-state index in [-0.39, 0.29) is 12.1 Å². The van der Waals surface area contributed by atoms with Crippen molar-refractivity contribution >= 4 is 0 Å². The highest BCUT2D eigenvalue weighted by atomic mass is 16.3. The number of pyridine rings is 1. The molecule has 2 saturated heterocycles. The first-order valence-corrected chi connectivity index (χ1v) is 10.2. The Morgan fingerprint density at radius 2 is 1.87 bits per heavy atom. The predicted molar refractivity (Wildman–Crippen MR) is 113 cm³/mol. The Morgan fingerprint density at radius 1 is 1.20 bits per heavy atom. The molecule has 1 aromatic heterocycles. The number of piperidine rings is 1. The summed E-state index contributed by atoms with van der Waals surface area (Å²) in [5.41, 5.74) is 0.932. The molecule has 30 heavy (non-hydrogen) atoms. The molecule has 1 aromatic carbocycles. The van der Waals surface area contributed by atoms with E-state index < -0.39 is 17.1 Å². The Morgan fingerprint density at radius 3 is 2.43 bits per heavy atom. The first kappa shape index (κ1) is 20.1. The molecule has 0 saturated carbocycles. The van der Waals surface area contributed by atoms with Crippen LogP contribution in [0.25, 0.3) is 0 Å². The number of nitriles is 2. The molecule has 5 nitrogen and oxygen atoms in total. The molecule has 0 radical (unpaired) electrons. The average molecular weight is 396 g/mol. The van der Waals surface area contributed by atoms with Crippen LogP contribution in [0.15, 0.2) is 48.8 Å². The molecule has 5 heteroatoms. The quantitative estimate of drug-likeness (QED) is 0.633. The summed E-state index contributed by atoms with van der Waals surface area (Å²) in [6.45, 7) is 1.95. The summed E-state index contributed by atoms with van der Waals surface area (Å²) >= 11 is 0. The van der Waals surface area contributed by atoms with Gasteiger partial charge in [-0.05, 0) is 49.8 Å². The van der Waals surface area contributed by atoms with Gasteiger partial charge in [0, 0.05) is 30.0 Å². The van der Waals surface area contributed by atoms with Crippen molar-refractivity contribution < 1.29 is 5.11 Å². The summed E-state index contributed by atoms with van der Waals surface area (Å²) in [4.78, 5) is 6.56. The van der Waals surface area contributed by atoms with E-state index in [2.05, 4.69) is 27.9 Å². The molecule has 2 aliphatic heterocycles. The molecule has 3 heterocycles. The van der Waals surface area contributed by atoms with Crippen LogP contribution in [0.1, 0.15) is 49.3 Å². The van der Waals surface area contributed by atoms with Gasteiger partial charge in [0.1, 0.15) is 0 Å². The van der Waals surface area contributed by atoms with Crippen LogP contribution in [0.2, 0.25) is 0 Å². The van der Waals surface area contributed by atoms with Gasteiger partial charge in [-0.3, -0.25) is 9.88 Å². The van der Waals surface area contributed by atoms with Gasteiger partial charge in [0.2, 0.25) is 0 Å². The molecule has 2 fully saturated rings. The van der Waals surface area contributed by atoms with E-state index in [0.29, 0.717) is 18.4 Å². The highest BCUT2D eigenvalue weighted by molar-refractivity contribution is 5.41. The minimum absolute atomic E-state index is 0.0751. The summed E-state index contributed by atoms with van der Waals surface area (Å²) in [5.74, 6) is 2.61. The number of benzene rings is 1. The highest BCUT2D eigenvalue weighted by Gasteiger charge is 2.57. The minimum Gasteiger partial charge on any atom is -0.376 e. The van der Waals surface area contributed by atoms with Crippen molar-refractivity contribution in [3.05, 3.63) is 65.5 Å². The maximum absolute atomic E-state index is 10.8. The molecule has 4 atom stereocenters. The SMILES string of the molecule is C#Cc1cncc(C2(C#N)CC3CCC(C2)N3C(C)(c2ccccc2)C(O)C#N)c1. The van der Waals surface area contributed by atoms with E-state index in [1.807, 2.05) is 43.3 Å². The largest absolute Gasteiger partial charge is 0.376 e. The zero-order chi connectivity index (χ0) is 21.4. The lowest BCUT2D eigenvalue weighted by atomic mass is 9.69. The molecular formula is C25H24N4O. The molecule has 2 aromatic rings. The molecule has 150 valence electrons. The van der Waals surface area contributed by atoms with Crippen molar-refractivity contribution in [3.8, 4) is 24.5 Å². The van der Waals surface area contributed by atoms with Gasteiger partial charge in [-0.15, -0.1) is 6.42 Å². The Balaban J connectivity index is 1.76. The summed E-state index contributed by atoms with van der Waals surface area (Å²) in [6, 6.07) is 16.4.